The van der Waals surface area contributed by atoms with Crippen molar-refractivity contribution in [2.75, 3.05) is 20.3 Å². The van der Waals surface area contributed by atoms with Crippen molar-refractivity contribution >= 4 is 17.0 Å². The van der Waals surface area contributed by atoms with Gasteiger partial charge in [0.1, 0.15) is 6.61 Å². The molecule has 2 aromatic carbocycles. The summed E-state index contributed by atoms with van der Waals surface area (Å²) in [5, 5.41) is 0.494. The summed E-state index contributed by atoms with van der Waals surface area (Å²) >= 11 is 0. The summed E-state index contributed by atoms with van der Waals surface area (Å²) in [5.41, 5.74) is 1.22. The predicted octanol–water partition coefficient (Wildman–Crippen LogP) is 4.75. The molecule has 6 nitrogen and oxygen atoms in total. The number of fused-ring (bicyclic) bond motifs is 1. The molecule has 1 heterocycles. The first-order valence-electron chi connectivity index (χ1n) is 8.61. The fourth-order valence-electron chi connectivity index (χ4n) is 2.70. The standard InChI is InChI=1S/C20H18F3NO5/c1-26-17-11-15-7-8-24(19(25)29-20(21,22)23)16(15)12-18(17)28-10-9-27-13-14-5-3-2-4-6-14/h2-8,11-12H,9-10,13H2,1H3. The van der Waals surface area contributed by atoms with Gasteiger partial charge in [-0.25, -0.2) is 4.79 Å². The molecule has 0 spiro atoms. The van der Waals surface area contributed by atoms with E-state index >= 15 is 0 Å². The first-order valence-corrected chi connectivity index (χ1v) is 8.61. The van der Waals surface area contributed by atoms with E-state index in [1.165, 1.54) is 25.4 Å². The van der Waals surface area contributed by atoms with E-state index < -0.39 is 12.5 Å². The number of methoxy groups -OCH3 is 1. The van der Waals surface area contributed by atoms with Crippen molar-refractivity contribution < 1.29 is 36.9 Å². The SMILES string of the molecule is COc1cc2ccn(C(=O)OC(F)(F)F)c2cc1OCCOCc1ccccc1. The molecule has 0 atom stereocenters. The topological polar surface area (TPSA) is 58.9 Å². The van der Waals surface area contributed by atoms with Crippen LogP contribution in [0.25, 0.3) is 10.9 Å². The van der Waals surface area contributed by atoms with Crippen molar-refractivity contribution in [3.63, 3.8) is 0 Å². The number of ether oxygens (including phenoxy) is 4. The molecule has 0 bridgehead atoms. The van der Waals surface area contributed by atoms with E-state index in [1.54, 1.807) is 6.07 Å². The van der Waals surface area contributed by atoms with Gasteiger partial charge in [0, 0.05) is 17.6 Å². The predicted molar refractivity (Wildman–Crippen MR) is 98.0 cm³/mol. The highest BCUT2D eigenvalue weighted by atomic mass is 19.4. The molecule has 0 saturated heterocycles. The third-order valence-corrected chi connectivity index (χ3v) is 3.97. The van der Waals surface area contributed by atoms with Crippen LogP contribution in [0, 0.1) is 0 Å². The molecule has 1 aromatic heterocycles. The smallest absolute Gasteiger partial charge is 0.493 e. The quantitative estimate of drug-likeness (QED) is 0.527. The average Bonchev–Trinajstić information content (AvgIpc) is 3.09. The van der Waals surface area contributed by atoms with Crippen molar-refractivity contribution in [2.24, 2.45) is 0 Å². The van der Waals surface area contributed by atoms with Gasteiger partial charge in [-0.3, -0.25) is 4.57 Å². The Bertz CT molecular complexity index is 969. The Morgan fingerprint density at radius 1 is 1.03 bits per heavy atom. The molecular weight excluding hydrogens is 391 g/mol. The van der Waals surface area contributed by atoms with Gasteiger partial charge in [0.25, 0.3) is 0 Å². The van der Waals surface area contributed by atoms with Crippen LogP contribution in [0.2, 0.25) is 0 Å². The number of rotatable bonds is 7. The molecule has 9 heteroatoms. The Balaban J connectivity index is 1.68. The third kappa shape index (κ3) is 5.41. The molecular formula is C20H18F3NO5. The molecule has 0 aliphatic rings. The van der Waals surface area contributed by atoms with E-state index in [9.17, 15) is 18.0 Å². The molecule has 0 amide bonds. The maximum absolute atomic E-state index is 12.3. The Morgan fingerprint density at radius 3 is 2.48 bits per heavy atom. The summed E-state index contributed by atoms with van der Waals surface area (Å²) < 4.78 is 57.7. The molecule has 0 aliphatic heterocycles. The minimum atomic E-state index is -5.07. The largest absolute Gasteiger partial charge is 0.576 e. The number of hydrogen-bond donors (Lipinski definition) is 0. The zero-order chi connectivity index (χ0) is 20.9. The molecule has 29 heavy (non-hydrogen) atoms. The number of benzene rings is 2. The highest BCUT2D eigenvalue weighted by Gasteiger charge is 2.35. The van der Waals surface area contributed by atoms with Gasteiger partial charge in [-0.05, 0) is 17.7 Å². The van der Waals surface area contributed by atoms with Crippen molar-refractivity contribution in [1.82, 2.24) is 4.57 Å². The molecule has 0 N–H and O–H groups in total. The first-order chi connectivity index (χ1) is 13.9. The Hall–Kier alpha value is -3.20. The zero-order valence-electron chi connectivity index (χ0n) is 15.4. The van der Waals surface area contributed by atoms with Crippen LogP contribution in [0.5, 0.6) is 11.5 Å². The second-order valence-electron chi connectivity index (χ2n) is 5.95. The normalized spacial score (nSPS) is 11.4. The van der Waals surface area contributed by atoms with Crippen LogP contribution in [0.1, 0.15) is 5.56 Å². The fraction of sp³-hybridized carbons (Fsp3) is 0.250. The molecule has 3 aromatic rings. The first kappa shape index (κ1) is 20.5. The second kappa shape index (κ2) is 8.87. The van der Waals surface area contributed by atoms with E-state index in [0.717, 1.165) is 10.1 Å². The van der Waals surface area contributed by atoms with Crippen LogP contribution in [-0.2, 0) is 16.1 Å². The van der Waals surface area contributed by atoms with E-state index in [-0.39, 0.29) is 24.5 Å². The second-order valence-corrected chi connectivity index (χ2v) is 5.95. The maximum Gasteiger partial charge on any atom is 0.576 e. The van der Waals surface area contributed by atoms with E-state index in [1.807, 2.05) is 30.3 Å². The van der Waals surface area contributed by atoms with Crippen LogP contribution in [0.3, 0.4) is 0 Å². The Morgan fingerprint density at radius 2 is 1.79 bits per heavy atom. The molecule has 0 radical (unpaired) electrons. The average molecular weight is 409 g/mol. The fourth-order valence-corrected chi connectivity index (χ4v) is 2.70. The van der Waals surface area contributed by atoms with Gasteiger partial charge in [0.05, 0.1) is 25.8 Å². The van der Waals surface area contributed by atoms with Gasteiger partial charge in [0.2, 0.25) is 0 Å². The lowest BCUT2D eigenvalue weighted by atomic mass is 10.2. The van der Waals surface area contributed by atoms with Crippen molar-refractivity contribution in [2.45, 2.75) is 13.0 Å². The lowest BCUT2D eigenvalue weighted by Crippen LogP contribution is -2.23. The van der Waals surface area contributed by atoms with E-state index in [4.69, 9.17) is 14.2 Å². The summed E-state index contributed by atoms with van der Waals surface area (Å²) in [5.74, 6) is 0.644. The Kier molecular flexibility index (Phi) is 6.28. The lowest BCUT2D eigenvalue weighted by molar-refractivity contribution is -0.290. The Labute approximate surface area is 164 Å². The summed E-state index contributed by atoms with van der Waals surface area (Å²) in [6.07, 6.45) is -5.45. The molecule has 0 unspecified atom stereocenters. The molecule has 3 rings (SSSR count). The van der Waals surface area contributed by atoms with Crippen molar-refractivity contribution in [1.29, 1.82) is 0 Å². The highest BCUT2D eigenvalue weighted by molar-refractivity contribution is 5.91. The van der Waals surface area contributed by atoms with Gasteiger partial charge in [0.15, 0.2) is 11.5 Å². The summed E-state index contributed by atoms with van der Waals surface area (Å²) in [6, 6.07) is 14.1. The van der Waals surface area contributed by atoms with Crippen LogP contribution >= 0.6 is 0 Å². The summed E-state index contributed by atoms with van der Waals surface area (Å²) in [4.78, 5) is 11.8. The van der Waals surface area contributed by atoms with Gasteiger partial charge in [-0.15, -0.1) is 13.2 Å². The van der Waals surface area contributed by atoms with Crippen LogP contribution in [0.4, 0.5) is 18.0 Å². The highest BCUT2D eigenvalue weighted by Crippen LogP contribution is 2.33. The van der Waals surface area contributed by atoms with Crippen molar-refractivity contribution in [3.8, 4) is 11.5 Å². The number of nitrogens with zero attached hydrogens (tertiary/aromatic N) is 1. The molecule has 0 saturated carbocycles. The number of alkyl halides is 3. The van der Waals surface area contributed by atoms with Gasteiger partial charge >= 0.3 is 12.5 Å². The number of halogens is 3. The lowest BCUT2D eigenvalue weighted by Gasteiger charge is -2.13. The monoisotopic (exact) mass is 409 g/mol. The number of carbonyl (C=O) groups is 1. The van der Waals surface area contributed by atoms with E-state index in [2.05, 4.69) is 4.74 Å². The molecule has 154 valence electrons. The maximum atomic E-state index is 12.3. The minimum Gasteiger partial charge on any atom is -0.493 e. The summed E-state index contributed by atoms with van der Waals surface area (Å²) in [7, 11) is 1.44. The third-order valence-electron chi connectivity index (χ3n) is 3.97. The van der Waals surface area contributed by atoms with Gasteiger partial charge in [-0.2, -0.15) is 0 Å². The van der Waals surface area contributed by atoms with Crippen molar-refractivity contribution in [3.05, 3.63) is 60.3 Å². The van der Waals surface area contributed by atoms with E-state index in [0.29, 0.717) is 17.7 Å². The zero-order valence-corrected chi connectivity index (χ0v) is 15.4. The van der Waals surface area contributed by atoms with Gasteiger partial charge in [-0.1, -0.05) is 30.3 Å². The number of aromatic nitrogens is 1. The van der Waals surface area contributed by atoms with Gasteiger partial charge < -0.3 is 18.9 Å². The number of carbonyl (C=O) groups excluding carboxylic acids is 1. The van der Waals surface area contributed by atoms with Crippen LogP contribution < -0.4 is 9.47 Å². The van der Waals surface area contributed by atoms with Crippen LogP contribution in [-0.4, -0.2) is 37.3 Å². The number of hydrogen-bond acceptors (Lipinski definition) is 5. The summed E-state index contributed by atoms with van der Waals surface area (Å²) in [6.45, 7) is 0.891. The minimum absolute atomic E-state index is 0.183. The van der Waals surface area contributed by atoms with Crippen LogP contribution in [0.15, 0.2) is 54.7 Å². The molecule has 0 aliphatic carbocycles. The molecule has 0 fully saturated rings.